The molecule has 0 amide bonds. The van der Waals surface area contributed by atoms with E-state index in [1.165, 1.54) is 0 Å². The molecular weight excluding hydrogens is 495 g/mol. The van der Waals surface area contributed by atoms with E-state index in [1.54, 1.807) is 0 Å². The fourth-order valence-corrected chi connectivity index (χ4v) is 1.52. The molecule has 30 heavy (non-hydrogen) atoms. The van der Waals surface area contributed by atoms with E-state index in [2.05, 4.69) is 0 Å². The maximum atomic E-state index is 13.2. The van der Waals surface area contributed by atoms with Crippen LogP contribution in [-0.4, -0.2) is 60.7 Å². The fraction of sp³-hybridized carbons (Fsp3) is 1.00. The lowest BCUT2D eigenvalue weighted by molar-refractivity contribution is -0.469. The molecule has 20 heteroatoms. The van der Waals surface area contributed by atoms with Crippen molar-refractivity contribution in [1.82, 2.24) is 5.32 Å². The molecule has 0 aliphatic rings. The van der Waals surface area contributed by atoms with Gasteiger partial charge < -0.3 is 0 Å². The highest BCUT2D eigenvalue weighted by Crippen LogP contribution is 2.64. The maximum absolute atomic E-state index is 13.2. The quantitative estimate of drug-likeness (QED) is 0.329. The predicted octanol–water partition coefficient (Wildman–Crippen LogP) is 5.81. The Kier molecular flexibility index (Phi) is 6.50. The average molecular weight is 499 g/mol. The van der Waals surface area contributed by atoms with Gasteiger partial charge in [-0.15, -0.1) is 0 Å². The van der Waals surface area contributed by atoms with Crippen LogP contribution in [0.3, 0.4) is 0 Å². The number of nitrogens with one attached hydrogen (secondary N) is 1. The lowest BCUT2D eigenvalue weighted by Gasteiger charge is -2.43. The van der Waals surface area contributed by atoms with Gasteiger partial charge in [0.15, 0.2) is 0 Å². The Morgan fingerprint density at radius 3 is 0.733 bits per heavy atom. The molecule has 0 aromatic carbocycles. The number of hydrogen-bond acceptors (Lipinski definition) is 1. The molecule has 0 saturated heterocycles. The highest BCUT2D eigenvalue weighted by molar-refractivity contribution is 5.16. The summed E-state index contributed by atoms with van der Waals surface area (Å²) in [6.07, 6.45) is -7.88. The van der Waals surface area contributed by atoms with E-state index in [9.17, 15) is 83.4 Å². The minimum atomic E-state index is -8.88. The van der Waals surface area contributed by atoms with Crippen LogP contribution in [0.5, 0.6) is 0 Å². The van der Waals surface area contributed by atoms with Crippen LogP contribution in [0.4, 0.5) is 83.4 Å². The molecule has 0 heterocycles. The molecule has 0 radical (unpaired) electrons. The van der Waals surface area contributed by atoms with Crippen molar-refractivity contribution in [3.8, 4) is 0 Å². The lowest BCUT2D eigenvalue weighted by Crippen LogP contribution is -2.76. The van der Waals surface area contributed by atoms with Gasteiger partial charge in [0.2, 0.25) is 0 Å². The SMILES string of the molecule is CNC(F)(F)C(F)(F)C(F)(F)C(F)(F)C(F)(F)C(F)(F)C(F)(F)C(F)(F)C(F)(F)F. The second-order valence-electron chi connectivity index (χ2n) is 5.34. The first kappa shape index (κ1) is 28.6. The van der Waals surface area contributed by atoms with E-state index < -0.39 is 53.7 Å². The van der Waals surface area contributed by atoms with E-state index in [1.807, 2.05) is 0 Å². The van der Waals surface area contributed by atoms with Gasteiger partial charge in [0.05, 0.1) is 0 Å². The molecule has 0 unspecified atom stereocenters. The summed E-state index contributed by atoms with van der Waals surface area (Å²) in [6, 6.07) is -6.64. The van der Waals surface area contributed by atoms with Gasteiger partial charge in [-0.05, 0) is 7.05 Å². The normalized spacial score (nSPS) is 16.8. The summed E-state index contributed by atoms with van der Waals surface area (Å²) in [5, 5.41) is -0.122. The first-order chi connectivity index (χ1) is 12.6. The van der Waals surface area contributed by atoms with E-state index >= 15 is 0 Å². The third-order valence-electron chi connectivity index (χ3n) is 3.43. The number of alkyl halides is 19. The van der Waals surface area contributed by atoms with Gasteiger partial charge >= 0.3 is 53.7 Å². The van der Waals surface area contributed by atoms with Crippen LogP contribution in [0.1, 0.15) is 0 Å². The summed E-state index contributed by atoms with van der Waals surface area (Å²) in [7, 11) is -0.382. The molecule has 0 spiro atoms. The highest BCUT2D eigenvalue weighted by Gasteiger charge is 2.96. The standard InChI is InChI=1S/C10H4F19N/c1-30-10(28,29)8(23,24)6(19,20)4(15,16)2(11,12)3(13,14)5(17,18)7(21,22)9(25,26)27/h30H,1H3. The molecule has 0 bridgehead atoms. The van der Waals surface area contributed by atoms with Crippen LogP contribution < -0.4 is 5.32 Å². The third-order valence-corrected chi connectivity index (χ3v) is 3.43. The zero-order valence-corrected chi connectivity index (χ0v) is 13.2. The van der Waals surface area contributed by atoms with Crippen molar-refractivity contribution >= 4 is 0 Å². The summed E-state index contributed by atoms with van der Waals surface area (Å²) in [5.41, 5.74) is 0. The van der Waals surface area contributed by atoms with Crippen LogP contribution in [0.2, 0.25) is 0 Å². The molecule has 0 atom stereocenters. The van der Waals surface area contributed by atoms with Crippen LogP contribution in [-0.2, 0) is 0 Å². The fourth-order valence-electron chi connectivity index (χ4n) is 1.52. The van der Waals surface area contributed by atoms with Crippen LogP contribution in [0.15, 0.2) is 0 Å². The minimum absolute atomic E-state index is 0.122. The molecule has 0 aromatic heterocycles. The van der Waals surface area contributed by atoms with Gasteiger partial charge in [0.1, 0.15) is 0 Å². The van der Waals surface area contributed by atoms with Gasteiger partial charge in [0.25, 0.3) is 0 Å². The second-order valence-corrected chi connectivity index (χ2v) is 5.34. The molecule has 182 valence electrons. The molecular formula is C10H4F19N. The number of hydrogen-bond donors (Lipinski definition) is 1. The van der Waals surface area contributed by atoms with E-state index in [-0.39, 0.29) is 12.4 Å². The first-order valence-corrected chi connectivity index (χ1v) is 6.34. The molecule has 0 aromatic rings. The third kappa shape index (κ3) is 3.23. The van der Waals surface area contributed by atoms with Gasteiger partial charge in [-0.1, -0.05) is 0 Å². The Morgan fingerprint density at radius 2 is 0.533 bits per heavy atom. The van der Waals surface area contributed by atoms with Crippen LogP contribution in [0.25, 0.3) is 0 Å². The molecule has 0 aliphatic heterocycles. The Labute approximate surface area is 151 Å². The first-order valence-electron chi connectivity index (χ1n) is 6.34. The van der Waals surface area contributed by atoms with E-state index in [0.717, 1.165) is 0 Å². The Morgan fingerprint density at radius 1 is 0.333 bits per heavy atom. The van der Waals surface area contributed by atoms with Crippen molar-refractivity contribution in [1.29, 1.82) is 0 Å². The van der Waals surface area contributed by atoms with Crippen molar-refractivity contribution in [2.24, 2.45) is 0 Å². The summed E-state index contributed by atoms with van der Waals surface area (Å²) in [6.45, 7) is 0. The molecule has 1 nitrogen and oxygen atoms in total. The zero-order chi connectivity index (χ0) is 25.2. The number of halogens is 19. The smallest absolute Gasteiger partial charge is 0.256 e. The van der Waals surface area contributed by atoms with Crippen molar-refractivity contribution in [3.63, 3.8) is 0 Å². The average Bonchev–Trinajstić information content (AvgIpc) is 2.52. The number of rotatable bonds is 8. The van der Waals surface area contributed by atoms with Crippen molar-refractivity contribution in [3.05, 3.63) is 0 Å². The van der Waals surface area contributed by atoms with Crippen molar-refractivity contribution in [2.75, 3.05) is 7.05 Å². The molecule has 0 fully saturated rings. The largest absolute Gasteiger partial charge is 0.460 e. The molecule has 0 saturated carbocycles. The van der Waals surface area contributed by atoms with Crippen LogP contribution >= 0.6 is 0 Å². The van der Waals surface area contributed by atoms with E-state index in [4.69, 9.17) is 0 Å². The van der Waals surface area contributed by atoms with Gasteiger partial charge in [-0.25, -0.2) is 0 Å². The summed E-state index contributed by atoms with van der Waals surface area (Å²) in [5.74, 6) is -59.7. The molecule has 0 aliphatic carbocycles. The Bertz CT molecular complexity index is 628. The molecule has 0 rings (SSSR count). The summed E-state index contributed by atoms with van der Waals surface area (Å²) >= 11 is 0. The van der Waals surface area contributed by atoms with Crippen molar-refractivity contribution < 1.29 is 83.4 Å². The topological polar surface area (TPSA) is 12.0 Å². The lowest BCUT2D eigenvalue weighted by atomic mass is 9.88. The Balaban J connectivity index is 6.85. The Hall–Kier alpha value is -1.37. The summed E-state index contributed by atoms with van der Waals surface area (Å²) in [4.78, 5) is 0. The minimum Gasteiger partial charge on any atom is -0.256 e. The second kappa shape index (κ2) is 6.81. The maximum Gasteiger partial charge on any atom is 0.460 e. The molecule has 1 N–H and O–H groups in total. The summed E-state index contributed by atoms with van der Waals surface area (Å²) < 4.78 is 242. The van der Waals surface area contributed by atoms with Gasteiger partial charge in [-0.3, -0.25) is 5.32 Å². The van der Waals surface area contributed by atoms with E-state index in [0.29, 0.717) is 0 Å². The predicted molar refractivity (Wildman–Crippen MR) is 54.7 cm³/mol. The zero-order valence-electron chi connectivity index (χ0n) is 13.2. The van der Waals surface area contributed by atoms with Crippen LogP contribution in [0, 0.1) is 0 Å². The van der Waals surface area contributed by atoms with Crippen molar-refractivity contribution in [2.45, 2.75) is 53.7 Å². The van der Waals surface area contributed by atoms with Gasteiger partial charge in [0, 0.05) is 0 Å². The monoisotopic (exact) mass is 499 g/mol. The highest BCUT2D eigenvalue weighted by atomic mass is 19.4. The van der Waals surface area contributed by atoms with Gasteiger partial charge in [-0.2, -0.15) is 83.4 Å².